The third kappa shape index (κ3) is 3.79. The monoisotopic (exact) mass is 160 g/mol. The lowest BCUT2D eigenvalue weighted by Crippen LogP contribution is -2.28. The number of primary amides is 1. The molecule has 0 aromatic rings. The molecule has 0 aliphatic carbocycles. The number of thiocarbonyl (C=S) groups is 1. The zero-order valence-corrected chi connectivity index (χ0v) is 6.23. The first kappa shape index (κ1) is 8.83. The number of amides is 1. The van der Waals surface area contributed by atoms with Gasteiger partial charge in [-0.2, -0.15) is 5.10 Å². The Morgan fingerprint density at radius 3 is 2.40 bits per heavy atom. The Bertz CT molecular complexity index is 188. The lowest BCUT2D eigenvalue weighted by Gasteiger charge is -1.95. The van der Waals surface area contributed by atoms with E-state index in [1.807, 2.05) is 0 Å². The summed E-state index contributed by atoms with van der Waals surface area (Å²) in [5.41, 5.74) is 12.2. The second-order valence-corrected chi connectivity index (χ2v) is 1.98. The second kappa shape index (κ2) is 3.78. The maximum Gasteiger partial charge on any atom is 0.264 e. The fraction of sp³-hybridized carbons (Fsp3) is 0.250. The fourth-order valence-electron chi connectivity index (χ4n) is 0.194. The van der Waals surface area contributed by atoms with Crippen LogP contribution in [0.25, 0.3) is 0 Å². The molecule has 10 heavy (non-hydrogen) atoms. The number of hydrogen-bond donors (Lipinski definition) is 3. The molecule has 0 spiro atoms. The largest absolute Gasteiger partial charge is 0.375 e. The van der Waals surface area contributed by atoms with Crippen LogP contribution >= 0.6 is 12.2 Å². The molecule has 0 rings (SSSR count). The first-order valence-electron chi connectivity index (χ1n) is 2.43. The highest BCUT2D eigenvalue weighted by molar-refractivity contribution is 7.80. The maximum atomic E-state index is 10.3. The smallest absolute Gasteiger partial charge is 0.264 e. The van der Waals surface area contributed by atoms with Gasteiger partial charge in [0.05, 0.1) is 0 Å². The Morgan fingerprint density at radius 2 is 2.10 bits per heavy atom. The van der Waals surface area contributed by atoms with Gasteiger partial charge in [0.2, 0.25) is 0 Å². The molecule has 0 radical (unpaired) electrons. The van der Waals surface area contributed by atoms with Crippen LogP contribution in [0.4, 0.5) is 0 Å². The predicted molar refractivity (Wildman–Crippen MR) is 42.2 cm³/mol. The molecule has 0 aromatic carbocycles. The van der Waals surface area contributed by atoms with Crippen molar-refractivity contribution in [2.75, 3.05) is 0 Å². The molecule has 0 fully saturated rings. The van der Waals surface area contributed by atoms with Crippen molar-refractivity contribution in [2.24, 2.45) is 16.6 Å². The Balaban J connectivity index is 3.92. The van der Waals surface area contributed by atoms with E-state index in [0.29, 0.717) is 0 Å². The Labute approximate surface area is 63.4 Å². The number of hydrogen-bond acceptors (Lipinski definition) is 3. The van der Waals surface area contributed by atoms with Crippen molar-refractivity contribution in [3.63, 3.8) is 0 Å². The van der Waals surface area contributed by atoms with Gasteiger partial charge < -0.3 is 11.5 Å². The average Bonchev–Trinajstić information content (AvgIpc) is 1.82. The second-order valence-electron chi connectivity index (χ2n) is 1.54. The normalized spacial score (nSPS) is 10.7. The minimum absolute atomic E-state index is 0.000556. The van der Waals surface area contributed by atoms with Crippen molar-refractivity contribution < 1.29 is 4.79 Å². The van der Waals surface area contributed by atoms with Crippen LogP contribution < -0.4 is 16.9 Å². The molecule has 0 unspecified atom stereocenters. The fourth-order valence-corrected chi connectivity index (χ4v) is 0.240. The summed E-state index contributed by atoms with van der Waals surface area (Å²) in [5.74, 6) is -0.608. The third-order valence-electron chi connectivity index (χ3n) is 0.690. The highest BCUT2D eigenvalue weighted by Crippen LogP contribution is 1.70. The highest BCUT2D eigenvalue weighted by atomic mass is 32.1. The first-order chi connectivity index (χ1) is 4.54. The topological polar surface area (TPSA) is 93.5 Å². The summed E-state index contributed by atoms with van der Waals surface area (Å²) in [7, 11) is 0. The zero-order chi connectivity index (χ0) is 8.15. The summed E-state index contributed by atoms with van der Waals surface area (Å²) in [4.78, 5) is 10.3. The minimum Gasteiger partial charge on any atom is -0.375 e. The van der Waals surface area contributed by atoms with Crippen molar-refractivity contribution in [3.05, 3.63) is 0 Å². The lowest BCUT2D eigenvalue weighted by atomic mass is 10.4. The molecule has 0 atom stereocenters. The van der Waals surface area contributed by atoms with E-state index in [1.54, 1.807) is 0 Å². The van der Waals surface area contributed by atoms with E-state index in [0.717, 1.165) is 0 Å². The quantitative estimate of drug-likeness (QED) is 0.265. The van der Waals surface area contributed by atoms with E-state index in [-0.39, 0.29) is 10.8 Å². The van der Waals surface area contributed by atoms with Gasteiger partial charge in [0.15, 0.2) is 5.11 Å². The van der Waals surface area contributed by atoms with Crippen LogP contribution in [0.2, 0.25) is 0 Å². The number of carbonyl (C=O) groups excluding carboxylic acids is 1. The number of nitrogens with zero attached hydrogens (tertiary/aromatic N) is 1. The van der Waals surface area contributed by atoms with Crippen LogP contribution in [0, 0.1) is 0 Å². The summed E-state index contributed by atoms with van der Waals surface area (Å²) >= 11 is 4.41. The van der Waals surface area contributed by atoms with Gasteiger partial charge in [-0.15, -0.1) is 0 Å². The predicted octanol–water partition coefficient (Wildman–Crippen LogP) is -1.32. The molecule has 5 N–H and O–H groups in total. The van der Waals surface area contributed by atoms with Crippen LogP contribution in [0.5, 0.6) is 0 Å². The van der Waals surface area contributed by atoms with Gasteiger partial charge in [0, 0.05) is 0 Å². The summed E-state index contributed by atoms with van der Waals surface area (Å²) in [6.45, 7) is 1.45. The summed E-state index contributed by atoms with van der Waals surface area (Å²) < 4.78 is 0. The van der Waals surface area contributed by atoms with Crippen molar-refractivity contribution in [1.29, 1.82) is 0 Å². The van der Waals surface area contributed by atoms with Crippen molar-refractivity contribution in [2.45, 2.75) is 6.92 Å². The van der Waals surface area contributed by atoms with Crippen LogP contribution in [0.1, 0.15) is 6.92 Å². The van der Waals surface area contributed by atoms with E-state index in [1.165, 1.54) is 6.92 Å². The number of nitrogens with one attached hydrogen (secondary N) is 1. The molecular weight excluding hydrogens is 152 g/mol. The van der Waals surface area contributed by atoms with Gasteiger partial charge in [0.1, 0.15) is 5.71 Å². The van der Waals surface area contributed by atoms with Gasteiger partial charge in [-0.05, 0) is 19.1 Å². The average molecular weight is 160 g/mol. The number of carbonyl (C=O) groups is 1. The van der Waals surface area contributed by atoms with Gasteiger partial charge in [0.25, 0.3) is 5.91 Å². The zero-order valence-electron chi connectivity index (χ0n) is 5.42. The molecule has 0 aliphatic rings. The van der Waals surface area contributed by atoms with E-state index < -0.39 is 5.91 Å². The van der Waals surface area contributed by atoms with Crippen molar-refractivity contribution in [1.82, 2.24) is 5.43 Å². The van der Waals surface area contributed by atoms with E-state index >= 15 is 0 Å². The highest BCUT2D eigenvalue weighted by Gasteiger charge is 1.96. The molecule has 1 amide bonds. The molecule has 0 aliphatic heterocycles. The lowest BCUT2D eigenvalue weighted by molar-refractivity contribution is -0.112. The Hall–Kier alpha value is -1.17. The van der Waals surface area contributed by atoms with Gasteiger partial charge >= 0.3 is 0 Å². The standard InChI is InChI=1S/C4H8N4OS/c1-2(3(5)9)7-8-4(6)10/h1H3,(H2,5,9)(H3,6,8,10). The molecule has 0 aromatic heterocycles. The molecular formula is C4H8N4OS. The van der Waals surface area contributed by atoms with Gasteiger partial charge in [-0.3, -0.25) is 10.2 Å². The summed E-state index contributed by atoms with van der Waals surface area (Å²) in [5, 5.41) is 3.45. The van der Waals surface area contributed by atoms with Gasteiger partial charge in [-0.25, -0.2) is 0 Å². The first-order valence-corrected chi connectivity index (χ1v) is 2.84. The number of nitrogens with two attached hydrogens (primary N) is 2. The molecule has 0 heterocycles. The molecule has 56 valence electrons. The van der Waals surface area contributed by atoms with Crippen molar-refractivity contribution in [3.8, 4) is 0 Å². The Kier molecular flexibility index (Phi) is 3.34. The molecule has 0 saturated carbocycles. The number of hydrazone groups is 1. The SMILES string of the molecule is CC(=NNC(N)=S)C(N)=O. The van der Waals surface area contributed by atoms with Crippen LogP contribution in [0.15, 0.2) is 5.10 Å². The van der Waals surface area contributed by atoms with Crippen LogP contribution in [-0.4, -0.2) is 16.7 Å². The van der Waals surface area contributed by atoms with Crippen LogP contribution in [-0.2, 0) is 4.79 Å². The molecule has 6 heteroatoms. The summed E-state index contributed by atoms with van der Waals surface area (Å²) in [6.07, 6.45) is 0. The molecule has 5 nitrogen and oxygen atoms in total. The summed E-state index contributed by atoms with van der Waals surface area (Å²) in [6, 6.07) is 0. The van der Waals surface area contributed by atoms with Crippen molar-refractivity contribution >= 4 is 28.9 Å². The van der Waals surface area contributed by atoms with E-state index in [2.05, 4.69) is 22.7 Å². The Morgan fingerprint density at radius 1 is 1.60 bits per heavy atom. The molecule has 0 saturated heterocycles. The molecule has 0 bridgehead atoms. The van der Waals surface area contributed by atoms with Gasteiger partial charge in [-0.1, -0.05) is 0 Å². The van der Waals surface area contributed by atoms with E-state index in [4.69, 9.17) is 11.5 Å². The van der Waals surface area contributed by atoms with Crippen LogP contribution in [0.3, 0.4) is 0 Å². The number of rotatable bonds is 2. The van der Waals surface area contributed by atoms with E-state index in [9.17, 15) is 4.79 Å². The third-order valence-corrected chi connectivity index (χ3v) is 0.782. The maximum absolute atomic E-state index is 10.3. The minimum atomic E-state index is -0.608.